The largest absolute Gasteiger partial charge is 0.302 e. The molecular formula is C22H20N2O3S. The first-order valence-electron chi connectivity index (χ1n) is 9.56. The topological polar surface area (TPSA) is 57.7 Å². The summed E-state index contributed by atoms with van der Waals surface area (Å²) in [5, 5.41) is 0. The normalized spacial score (nSPS) is 28.0. The first kappa shape index (κ1) is 17.5. The van der Waals surface area contributed by atoms with E-state index in [4.69, 9.17) is 0 Å². The number of benzene rings is 2. The van der Waals surface area contributed by atoms with Crippen LogP contribution in [-0.2, 0) is 4.79 Å². The molecule has 1 unspecified atom stereocenters. The van der Waals surface area contributed by atoms with E-state index in [1.165, 1.54) is 4.90 Å². The van der Waals surface area contributed by atoms with E-state index in [2.05, 4.69) is 13.8 Å². The Morgan fingerprint density at radius 3 is 2.18 bits per heavy atom. The number of anilines is 1. The first-order chi connectivity index (χ1) is 13.5. The number of carbonyl (C=O) groups excluding carboxylic acids is 3. The Kier molecular flexibility index (Phi) is 3.72. The van der Waals surface area contributed by atoms with Gasteiger partial charge in [-0.25, -0.2) is 0 Å². The van der Waals surface area contributed by atoms with Crippen molar-refractivity contribution in [3.63, 3.8) is 0 Å². The van der Waals surface area contributed by atoms with Crippen molar-refractivity contribution in [2.75, 3.05) is 4.90 Å². The van der Waals surface area contributed by atoms with E-state index in [9.17, 15) is 14.4 Å². The maximum atomic E-state index is 13.3. The first-order valence-corrected chi connectivity index (χ1v) is 10.4. The lowest BCUT2D eigenvalue weighted by Crippen LogP contribution is -2.78. The third-order valence-electron chi connectivity index (χ3n) is 6.01. The summed E-state index contributed by atoms with van der Waals surface area (Å²) in [5.41, 5.74) is 1.66. The zero-order valence-corrected chi connectivity index (χ0v) is 16.5. The second-order valence-corrected chi connectivity index (χ2v) is 9.33. The number of fused-ring (bicyclic) bond motifs is 4. The highest BCUT2D eigenvalue weighted by atomic mass is 32.2. The van der Waals surface area contributed by atoms with E-state index in [-0.39, 0.29) is 28.5 Å². The quantitative estimate of drug-likeness (QED) is 0.590. The smallest absolute Gasteiger partial charge is 0.262 e. The molecule has 5 nitrogen and oxygen atoms in total. The van der Waals surface area contributed by atoms with Crippen molar-refractivity contribution in [3.8, 4) is 0 Å². The molecule has 142 valence electrons. The van der Waals surface area contributed by atoms with Gasteiger partial charge in [0.15, 0.2) is 0 Å². The Labute approximate surface area is 167 Å². The molecule has 3 atom stereocenters. The Balaban J connectivity index is 1.59. The van der Waals surface area contributed by atoms with Gasteiger partial charge in [-0.2, -0.15) is 0 Å². The molecule has 5 rings (SSSR count). The lowest BCUT2D eigenvalue weighted by molar-refractivity contribution is -0.131. The second-order valence-electron chi connectivity index (χ2n) is 7.76. The summed E-state index contributed by atoms with van der Waals surface area (Å²) in [6.45, 7) is 4.26. The van der Waals surface area contributed by atoms with Crippen LogP contribution in [0, 0.1) is 0 Å². The summed E-state index contributed by atoms with van der Waals surface area (Å²) in [7, 11) is 0. The van der Waals surface area contributed by atoms with Gasteiger partial charge >= 0.3 is 0 Å². The van der Waals surface area contributed by atoms with Crippen molar-refractivity contribution < 1.29 is 14.4 Å². The Hall–Kier alpha value is -2.60. The van der Waals surface area contributed by atoms with Gasteiger partial charge in [0.05, 0.1) is 22.9 Å². The number of thioether (sulfide) groups is 1. The van der Waals surface area contributed by atoms with E-state index in [0.717, 1.165) is 23.4 Å². The summed E-state index contributed by atoms with van der Waals surface area (Å²) in [6.07, 6.45) is 1.85. The fourth-order valence-electron chi connectivity index (χ4n) is 4.81. The number of rotatable bonds is 3. The molecular weight excluding hydrogens is 372 g/mol. The van der Waals surface area contributed by atoms with E-state index < -0.39 is 6.04 Å². The highest BCUT2D eigenvalue weighted by Gasteiger charge is 2.64. The summed E-state index contributed by atoms with van der Waals surface area (Å²) in [6, 6.07) is 13.7. The minimum atomic E-state index is -0.746. The van der Waals surface area contributed by atoms with Crippen LogP contribution in [0.3, 0.4) is 0 Å². The highest BCUT2D eigenvalue weighted by Crippen LogP contribution is 2.55. The van der Waals surface area contributed by atoms with Crippen LogP contribution in [-0.4, -0.2) is 39.5 Å². The van der Waals surface area contributed by atoms with Crippen LogP contribution in [0.1, 0.15) is 47.4 Å². The van der Waals surface area contributed by atoms with Crippen LogP contribution in [0.4, 0.5) is 5.69 Å². The van der Waals surface area contributed by atoms with E-state index in [1.807, 2.05) is 24.3 Å². The van der Waals surface area contributed by atoms with Gasteiger partial charge in [0, 0.05) is 9.64 Å². The molecule has 0 saturated carbocycles. The number of β-lactam (4-membered cyclic amide) rings is 1. The molecule has 0 radical (unpaired) electrons. The van der Waals surface area contributed by atoms with Crippen molar-refractivity contribution >= 4 is 35.2 Å². The molecule has 0 aromatic heterocycles. The van der Waals surface area contributed by atoms with Crippen molar-refractivity contribution in [1.29, 1.82) is 0 Å². The van der Waals surface area contributed by atoms with Crippen LogP contribution in [0.25, 0.3) is 0 Å². The monoisotopic (exact) mass is 392 g/mol. The number of imide groups is 1. The van der Waals surface area contributed by atoms with Gasteiger partial charge in [-0.1, -0.05) is 37.6 Å². The van der Waals surface area contributed by atoms with Crippen LogP contribution in [0.5, 0.6) is 0 Å². The number of carbonyl (C=O) groups is 3. The third kappa shape index (κ3) is 2.12. The maximum absolute atomic E-state index is 13.3. The van der Waals surface area contributed by atoms with Crippen molar-refractivity contribution in [2.45, 2.75) is 48.4 Å². The molecule has 0 N–H and O–H groups in total. The molecule has 2 aromatic rings. The SMILES string of the molecule is CCCC1(C)Sc2ccccc2N2C(=O)[C@@H](N3C(=O)c4ccccc4C3=O)[C@@H]21. The molecule has 6 heteroatoms. The van der Waals surface area contributed by atoms with E-state index >= 15 is 0 Å². The van der Waals surface area contributed by atoms with Crippen molar-refractivity contribution in [1.82, 2.24) is 4.90 Å². The number of para-hydroxylation sites is 1. The molecule has 2 aromatic carbocycles. The minimum Gasteiger partial charge on any atom is -0.302 e. The lowest BCUT2D eigenvalue weighted by atomic mass is 9.80. The minimum absolute atomic E-state index is 0.172. The predicted octanol–water partition coefficient (Wildman–Crippen LogP) is 3.73. The zero-order valence-electron chi connectivity index (χ0n) is 15.7. The van der Waals surface area contributed by atoms with Crippen molar-refractivity contribution in [3.05, 3.63) is 59.7 Å². The van der Waals surface area contributed by atoms with Crippen molar-refractivity contribution in [2.24, 2.45) is 0 Å². The molecule has 1 saturated heterocycles. The summed E-state index contributed by atoms with van der Waals surface area (Å²) >= 11 is 1.75. The van der Waals surface area contributed by atoms with Gasteiger partial charge in [0.25, 0.3) is 17.7 Å². The van der Waals surface area contributed by atoms with Crippen LogP contribution in [0.15, 0.2) is 53.4 Å². The number of hydrogen-bond donors (Lipinski definition) is 0. The third-order valence-corrected chi connectivity index (χ3v) is 7.49. The average Bonchev–Trinajstić information content (AvgIpc) is 2.93. The molecule has 0 bridgehead atoms. The molecule has 0 spiro atoms. The molecule has 3 aliphatic heterocycles. The standard InChI is InChI=1S/C22H20N2O3S/c1-3-12-22(2)18-17(21(27)23(18)15-10-6-7-11-16(15)28-22)24-19(25)13-8-4-5-9-14(13)20(24)26/h4-11,17-18H,3,12H2,1-2H3/t17-,18+,22?/m0/s1. The van der Waals surface area contributed by atoms with Crippen LogP contribution >= 0.6 is 11.8 Å². The Morgan fingerprint density at radius 1 is 0.929 bits per heavy atom. The van der Waals surface area contributed by atoms with E-state index in [0.29, 0.717) is 11.1 Å². The molecule has 0 aliphatic carbocycles. The zero-order chi connectivity index (χ0) is 19.6. The van der Waals surface area contributed by atoms with Crippen LogP contribution < -0.4 is 4.90 Å². The lowest BCUT2D eigenvalue weighted by Gasteiger charge is -2.59. The Bertz CT molecular complexity index is 1000. The fraction of sp³-hybridized carbons (Fsp3) is 0.318. The fourth-order valence-corrected chi connectivity index (χ4v) is 6.39. The summed E-state index contributed by atoms with van der Waals surface area (Å²) in [5.74, 6) is -0.891. The Morgan fingerprint density at radius 2 is 1.54 bits per heavy atom. The molecule has 3 heterocycles. The van der Waals surface area contributed by atoms with Gasteiger partial charge < -0.3 is 4.90 Å². The number of nitrogens with zero attached hydrogens (tertiary/aromatic N) is 2. The maximum Gasteiger partial charge on any atom is 0.262 e. The van der Waals surface area contributed by atoms with Gasteiger partial charge in [0.1, 0.15) is 6.04 Å². The highest BCUT2D eigenvalue weighted by molar-refractivity contribution is 8.01. The molecule has 28 heavy (non-hydrogen) atoms. The van der Waals surface area contributed by atoms with Crippen LogP contribution in [0.2, 0.25) is 0 Å². The number of amides is 3. The summed E-state index contributed by atoms with van der Waals surface area (Å²) in [4.78, 5) is 43.3. The van der Waals surface area contributed by atoms with Gasteiger partial charge in [-0.3, -0.25) is 19.3 Å². The summed E-state index contributed by atoms with van der Waals surface area (Å²) < 4.78 is -0.267. The number of hydrogen-bond acceptors (Lipinski definition) is 4. The predicted molar refractivity (Wildman–Crippen MR) is 108 cm³/mol. The van der Waals surface area contributed by atoms with E-state index in [1.54, 1.807) is 40.9 Å². The molecule has 3 amide bonds. The second kappa shape index (κ2) is 5.95. The molecule has 1 fully saturated rings. The van der Waals surface area contributed by atoms with Gasteiger partial charge in [-0.15, -0.1) is 11.8 Å². The average molecular weight is 392 g/mol. The van der Waals surface area contributed by atoms with Gasteiger partial charge in [-0.05, 0) is 37.6 Å². The molecule has 3 aliphatic rings. The van der Waals surface area contributed by atoms with Gasteiger partial charge in [0.2, 0.25) is 0 Å².